The van der Waals surface area contributed by atoms with E-state index in [1.165, 1.54) is 94.9 Å². The Kier molecular flexibility index (Phi) is 29.2. The van der Waals surface area contributed by atoms with Crippen molar-refractivity contribution >= 4 is 45.0 Å². The van der Waals surface area contributed by atoms with Crippen molar-refractivity contribution in [3.63, 3.8) is 0 Å². The lowest BCUT2D eigenvalue weighted by Gasteiger charge is -2.58. The van der Waals surface area contributed by atoms with Crippen LogP contribution in [-0.4, -0.2) is 108 Å². The van der Waals surface area contributed by atoms with Gasteiger partial charge in [-0.2, -0.15) is 52.7 Å². The predicted molar refractivity (Wildman–Crippen MR) is 462 cm³/mol. The summed E-state index contributed by atoms with van der Waals surface area (Å²) in [6, 6.07) is 46.9. The number of aliphatic carboxylic acids is 1. The summed E-state index contributed by atoms with van der Waals surface area (Å²) < 4.78 is 200. The van der Waals surface area contributed by atoms with Crippen LogP contribution in [-0.2, 0) is 49.1 Å². The number of aliphatic hydroxyl groups is 2. The number of carboxylic acid groups (broad SMARTS) is 1. The first-order valence-electron chi connectivity index (χ1n) is 44.0. The number of rotatable bonds is 26. The maximum atomic E-state index is 14.0. The summed E-state index contributed by atoms with van der Waals surface area (Å²) in [6.45, 7) is 13.9. The van der Waals surface area contributed by atoms with Gasteiger partial charge >= 0.3 is 30.7 Å². The second-order valence-corrected chi connectivity index (χ2v) is 39.6. The molecule has 3 N–H and O–H groups in total. The fourth-order valence-electron chi connectivity index (χ4n) is 22.6. The van der Waals surface area contributed by atoms with Crippen LogP contribution in [0, 0.1) is 63.6 Å². The minimum atomic E-state index is -6.21. The zero-order valence-electron chi connectivity index (χ0n) is 72.1. The van der Waals surface area contributed by atoms with Crippen molar-refractivity contribution in [1.29, 1.82) is 0 Å². The van der Waals surface area contributed by atoms with Gasteiger partial charge in [0.15, 0.2) is 0 Å². The number of carboxylic acids is 1. The van der Waals surface area contributed by atoms with Crippen LogP contribution in [0.25, 0.3) is 0 Å². The molecule has 10 atom stereocenters. The van der Waals surface area contributed by atoms with E-state index in [2.05, 4.69) is 74.8 Å². The number of alkyl halides is 12. The normalized spacial score (nSPS) is 25.7. The molecule has 7 saturated carbocycles. The summed E-state index contributed by atoms with van der Waals surface area (Å²) in [5.41, 5.74) is -3.02. The number of carbonyl (C=O) groups excluding carboxylic acids is 1. The SMILES string of the molecule is CC(c1ccco1)N(C(=O)C12CC3CC(CC(C3)C1)C2)c1ccccn1.C[C@H](CC[C@@H]1OC1(C)C)[C@H]1CC[C@H]2[C@@H]3CC=C4C[C@@H](O)CC[C@]4(C)[C@H]3CC[C@]12C.O=C(O)Cc1cccc(OCCCN(Cc2cccc(C(F)(F)F)c2Cl)CC(c2ccccc2)c2ccccc2)c1.O=S(=O)(c1ccccc1)N(CC(F)(F)F)c1ccc(C(O)(C(F)(F)F)C(F)(F)F)cc1. The summed E-state index contributed by atoms with van der Waals surface area (Å²) >= 11 is 6.29. The standard InChI is InChI=1S/C33H31ClF3NO3.C27H44O2.C22H26N2O2.C17H12F9NO3S/c34-32-27(15-8-17-30(32)33(35,36)37)22-38(18-9-19-41-28-16-7-10-24(20-28)21-31(39)40)23-29(25-11-3-1-4-12-25)26-13-5-2-6-14-26;1-17(6-11-24-25(2,3)29-24)21-9-10-22-20-8-7-18-16-19(28)12-14-26(18,4)23(20)13-15-27(21,22)5;1-15(19-5-4-8-26-19)24(20-6-2-3-7-23-20)21(25)22-12-16-9-17(13-22)11-18(10-16)14-22;18-14(19,20)10-27(31(29,30)13-4-2-1-3-5-13)12-8-6-11(7-9-12)15(28,16(21,22)23)17(24,25)26/h1-8,10-17,20,29H,9,18-19,21-23H2,(H,39,40);7,17,19-24,28H,6,8-16H2,1-5H3;2-8,15-18H,9-14H2,1H3;1-9,28H,10H2/t;17-,19+,20+,21-,22+,23+,24+,26+,27-;;/m.1../s1. The number of allylic oxidation sites excluding steroid dienone is 1. The molecule has 8 fully saturated rings. The van der Waals surface area contributed by atoms with E-state index in [1.807, 2.05) is 78.6 Å². The molecule has 1 saturated heterocycles. The zero-order chi connectivity index (χ0) is 91.5. The smallest absolute Gasteiger partial charge is 0.430 e. The van der Waals surface area contributed by atoms with Gasteiger partial charge in [-0.05, 0) is 277 Å². The molecule has 2 aromatic heterocycles. The fourth-order valence-corrected chi connectivity index (χ4v) is 24.4. The first-order valence-corrected chi connectivity index (χ1v) is 45.8. The van der Waals surface area contributed by atoms with Crippen LogP contribution >= 0.6 is 11.6 Å². The average molecular weight is 1810 g/mol. The van der Waals surface area contributed by atoms with E-state index in [4.69, 9.17) is 30.6 Å². The molecular formula is C99H113ClF12N4O10S. The number of hydrogen-bond donors (Lipinski definition) is 3. The van der Waals surface area contributed by atoms with Crippen molar-refractivity contribution in [1.82, 2.24) is 9.88 Å². The number of nitrogens with zero attached hydrogens (tertiary/aromatic N) is 4. The molecule has 9 aliphatic rings. The number of amides is 1. The van der Waals surface area contributed by atoms with Gasteiger partial charge in [-0.15, -0.1) is 0 Å². The third kappa shape index (κ3) is 21.8. The van der Waals surface area contributed by atoms with Crippen molar-refractivity contribution in [2.45, 2.75) is 229 Å². The van der Waals surface area contributed by atoms with Crippen molar-refractivity contribution in [3.8, 4) is 5.75 Å². The number of fused-ring (bicyclic) bond motifs is 5. The van der Waals surface area contributed by atoms with E-state index in [9.17, 15) is 80.9 Å². The van der Waals surface area contributed by atoms with Crippen molar-refractivity contribution in [3.05, 3.63) is 256 Å². The lowest BCUT2D eigenvalue weighted by Crippen LogP contribution is -2.55. The molecule has 1 unspecified atom stereocenters. The quantitative estimate of drug-likeness (QED) is 0.0202. The van der Waals surface area contributed by atoms with Gasteiger partial charge < -0.3 is 29.2 Å². The zero-order valence-corrected chi connectivity index (χ0v) is 73.7. The number of pyridine rings is 1. The number of halogens is 13. The molecule has 8 aliphatic carbocycles. The van der Waals surface area contributed by atoms with Gasteiger partial charge in [-0.25, -0.2) is 13.4 Å². The van der Waals surface area contributed by atoms with Gasteiger partial charge in [0.1, 0.15) is 23.9 Å². The van der Waals surface area contributed by atoms with Gasteiger partial charge in [0, 0.05) is 37.3 Å². The summed E-state index contributed by atoms with van der Waals surface area (Å²) in [4.78, 5) is 33.0. The lowest BCUT2D eigenvalue weighted by atomic mass is 9.47. The average Bonchev–Trinajstić information content (AvgIpc) is 1.66. The number of benzene rings is 6. The van der Waals surface area contributed by atoms with Gasteiger partial charge in [0.2, 0.25) is 5.91 Å². The molecule has 14 nitrogen and oxygen atoms in total. The van der Waals surface area contributed by atoms with Crippen molar-refractivity contribution in [2.24, 2.45) is 63.6 Å². The summed E-state index contributed by atoms with van der Waals surface area (Å²) in [7, 11) is -4.89. The third-order valence-electron chi connectivity index (χ3n) is 28.6. The first kappa shape index (κ1) is 95.8. The number of carbonyl (C=O) groups is 2. The van der Waals surface area contributed by atoms with Crippen LogP contribution < -0.4 is 13.9 Å². The molecule has 127 heavy (non-hydrogen) atoms. The number of furan rings is 1. The molecule has 4 bridgehead atoms. The Morgan fingerprint density at radius 2 is 1.30 bits per heavy atom. The van der Waals surface area contributed by atoms with Crippen molar-refractivity contribution in [2.75, 3.05) is 35.4 Å². The van der Waals surface area contributed by atoms with E-state index in [1.54, 1.807) is 48.4 Å². The highest BCUT2D eigenvalue weighted by molar-refractivity contribution is 7.92. The minimum absolute atomic E-state index is 0.0180. The fraction of sp³-hybridized carbons (Fsp3) is 0.505. The second kappa shape index (κ2) is 38.7. The number of anilines is 2. The van der Waals surface area contributed by atoms with Crippen LogP contribution in [0.15, 0.2) is 221 Å². The van der Waals surface area contributed by atoms with E-state index < -0.39 is 74.6 Å². The number of aromatic nitrogens is 1. The second-order valence-electron chi connectivity index (χ2n) is 37.4. The summed E-state index contributed by atoms with van der Waals surface area (Å²) in [5, 5.41) is 28.3. The molecule has 6 aromatic carbocycles. The molecule has 17 rings (SSSR count). The van der Waals surface area contributed by atoms with Crippen LogP contribution in [0.3, 0.4) is 0 Å². The molecule has 3 heterocycles. The van der Waals surface area contributed by atoms with Gasteiger partial charge in [0.25, 0.3) is 15.6 Å². The molecule has 1 aliphatic heterocycles. The molecular weight excluding hydrogens is 1700 g/mol. The van der Waals surface area contributed by atoms with E-state index in [-0.39, 0.29) is 69.4 Å². The Morgan fingerprint density at radius 1 is 0.693 bits per heavy atom. The Balaban J connectivity index is 0.000000147. The van der Waals surface area contributed by atoms with Crippen LogP contribution in [0.2, 0.25) is 5.02 Å². The first-order chi connectivity index (χ1) is 59.9. The summed E-state index contributed by atoms with van der Waals surface area (Å²) in [6.07, 6.45) is 4.89. The largest absolute Gasteiger partial charge is 0.494 e. The molecule has 686 valence electrons. The van der Waals surface area contributed by atoms with Crippen LogP contribution in [0.4, 0.5) is 64.2 Å². The number of sulfonamides is 1. The topological polar surface area (TPSA) is 186 Å². The monoisotopic (exact) mass is 1810 g/mol. The highest BCUT2D eigenvalue weighted by Crippen LogP contribution is 2.68. The van der Waals surface area contributed by atoms with E-state index in [0.29, 0.717) is 72.1 Å². The highest BCUT2D eigenvalue weighted by Gasteiger charge is 2.71. The third-order valence-corrected chi connectivity index (χ3v) is 30.9. The minimum Gasteiger partial charge on any atom is -0.494 e. The Bertz CT molecular complexity index is 5060. The van der Waals surface area contributed by atoms with Crippen LogP contribution in [0.5, 0.6) is 5.75 Å². The molecule has 0 radical (unpaired) electrons. The molecule has 0 spiro atoms. The van der Waals surface area contributed by atoms with Gasteiger partial charge in [0.05, 0.1) is 69.7 Å². The number of epoxide rings is 1. The lowest BCUT2D eigenvalue weighted by molar-refractivity contribution is -0.376. The molecule has 1 amide bonds. The maximum absolute atomic E-state index is 14.0. The number of ether oxygens (including phenoxy) is 2. The highest BCUT2D eigenvalue weighted by atomic mass is 35.5. The number of aliphatic hydroxyl groups excluding tert-OH is 1. The summed E-state index contributed by atoms with van der Waals surface area (Å²) in [5.74, 6) is 8.09. The van der Waals surface area contributed by atoms with E-state index >= 15 is 0 Å². The maximum Gasteiger partial charge on any atom is 0.430 e. The van der Waals surface area contributed by atoms with Crippen LogP contribution in [0.1, 0.15) is 202 Å². The molecule has 8 aromatic rings. The Labute approximate surface area is 740 Å². The molecule has 28 heteroatoms. The van der Waals surface area contributed by atoms with Crippen molar-refractivity contribution < 1.29 is 99.9 Å². The predicted octanol–water partition coefficient (Wildman–Crippen LogP) is 24.4. The van der Waals surface area contributed by atoms with Gasteiger partial charge in [-0.3, -0.25) is 23.7 Å². The van der Waals surface area contributed by atoms with E-state index in [0.717, 1.165) is 120 Å². The Morgan fingerprint density at radius 3 is 1.86 bits per heavy atom. The van der Waals surface area contributed by atoms with Gasteiger partial charge in [-0.1, -0.05) is 165 Å². The Hall–Kier alpha value is -8.73. The number of hydrogen-bond acceptors (Lipinski definition) is 11.